The number of nitrogens with one attached hydrogen (secondary N) is 1. The highest BCUT2D eigenvalue weighted by Gasteiger charge is 2.29. The third-order valence-corrected chi connectivity index (χ3v) is 3.69. The largest absolute Gasteiger partial charge is 0.481 e. The van der Waals surface area contributed by atoms with E-state index in [0.717, 1.165) is 19.3 Å². The number of hydrogen-bond donors (Lipinski definition) is 2. The van der Waals surface area contributed by atoms with Crippen LogP contribution in [0.3, 0.4) is 0 Å². The summed E-state index contributed by atoms with van der Waals surface area (Å²) in [6, 6.07) is 5.24. The van der Waals surface area contributed by atoms with Crippen LogP contribution in [0.25, 0.3) is 0 Å². The zero-order chi connectivity index (χ0) is 17.3. The Balaban J connectivity index is 2.26. The Morgan fingerprint density at radius 3 is 2.22 bits per heavy atom. The van der Waals surface area contributed by atoms with Crippen molar-refractivity contribution in [3.8, 4) is 0 Å². The average molecular weight is 349 g/mol. The van der Waals surface area contributed by atoms with Gasteiger partial charge in [-0.05, 0) is 48.9 Å². The van der Waals surface area contributed by atoms with Crippen LogP contribution in [0.4, 0.5) is 13.2 Å². The van der Waals surface area contributed by atoms with E-state index >= 15 is 0 Å². The van der Waals surface area contributed by atoms with Gasteiger partial charge in [0.15, 0.2) is 0 Å². The van der Waals surface area contributed by atoms with Gasteiger partial charge in [0.25, 0.3) is 5.91 Å². The normalized spacial score (nSPS) is 11.3. The van der Waals surface area contributed by atoms with Crippen LogP contribution in [-0.4, -0.2) is 29.0 Å². The Morgan fingerprint density at radius 1 is 1.04 bits per heavy atom. The van der Waals surface area contributed by atoms with Gasteiger partial charge >= 0.3 is 11.5 Å². The number of aliphatic carboxylic acids is 1. The number of thioether (sulfide) groups is 1. The van der Waals surface area contributed by atoms with Gasteiger partial charge in [-0.15, -0.1) is 0 Å². The van der Waals surface area contributed by atoms with Crippen LogP contribution in [0.1, 0.15) is 42.5 Å². The minimum atomic E-state index is -4.34. The van der Waals surface area contributed by atoms with Crippen molar-refractivity contribution in [2.24, 2.45) is 0 Å². The summed E-state index contributed by atoms with van der Waals surface area (Å²) in [5.74, 6) is -1.15. The molecule has 0 fully saturated rings. The standard InChI is InChI=1S/C15H18F3NO3S/c16-15(17,18)23-12-8-6-11(7-9-12)14(22)19-10-4-2-1-3-5-13(20)21/h6-9H,1-5,10H2,(H,19,22)(H,20,21). The van der Waals surface area contributed by atoms with Crippen molar-refractivity contribution in [2.75, 3.05) is 6.54 Å². The van der Waals surface area contributed by atoms with Crippen LogP contribution in [0.15, 0.2) is 29.2 Å². The lowest BCUT2D eigenvalue weighted by Crippen LogP contribution is -2.24. The first-order valence-corrected chi connectivity index (χ1v) is 7.95. The predicted octanol–water partition coefficient (Wildman–Crippen LogP) is 4.06. The Hall–Kier alpha value is -1.70. The second-order valence-electron chi connectivity index (χ2n) is 4.89. The molecule has 128 valence electrons. The molecule has 0 saturated heterocycles. The number of alkyl halides is 3. The summed E-state index contributed by atoms with van der Waals surface area (Å²) in [4.78, 5) is 22.2. The van der Waals surface area contributed by atoms with Crippen LogP contribution in [0.5, 0.6) is 0 Å². The van der Waals surface area contributed by atoms with E-state index in [1.54, 1.807) is 0 Å². The first-order chi connectivity index (χ1) is 10.8. The Bertz CT molecular complexity index is 518. The summed E-state index contributed by atoms with van der Waals surface area (Å²) in [6.07, 6.45) is 3.09. The van der Waals surface area contributed by atoms with E-state index in [-0.39, 0.29) is 29.0 Å². The summed E-state index contributed by atoms with van der Waals surface area (Å²) in [5, 5.41) is 11.2. The van der Waals surface area contributed by atoms with Gasteiger partial charge in [-0.25, -0.2) is 0 Å². The molecule has 4 nitrogen and oxygen atoms in total. The number of halogens is 3. The van der Waals surface area contributed by atoms with E-state index in [0.29, 0.717) is 18.5 Å². The van der Waals surface area contributed by atoms with Gasteiger partial charge in [-0.3, -0.25) is 9.59 Å². The second kappa shape index (κ2) is 9.44. The molecule has 0 atom stereocenters. The number of rotatable bonds is 9. The van der Waals surface area contributed by atoms with Crippen LogP contribution < -0.4 is 5.32 Å². The summed E-state index contributed by atoms with van der Waals surface area (Å²) in [6.45, 7) is 0.449. The SMILES string of the molecule is O=C(O)CCCCCCNC(=O)c1ccc(SC(F)(F)F)cc1. The smallest absolute Gasteiger partial charge is 0.446 e. The molecule has 0 spiro atoms. The third kappa shape index (κ3) is 9.12. The topological polar surface area (TPSA) is 66.4 Å². The van der Waals surface area contributed by atoms with E-state index in [9.17, 15) is 22.8 Å². The van der Waals surface area contributed by atoms with Crippen LogP contribution in [0.2, 0.25) is 0 Å². The van der Waals surface area contributed by atoms with Crippen molar-refractivity contribution < 1.29 is 27.9 Å². The Kier molecular flexibility index (Phi) is 7.94. The van der Waals surface area contributed by atoms with Crippen LogP contribution in [0, 0.1) is 0 Å². The molecule has 0 unspecified atom stereocenters. The van der Waals surface area contributed by atoms with Crippen molar-refractivity contribution in [3.63, 3.8) is 0 Å². The molecule has 0 bridgehead atoms. The van der Waals surface area contributed by atoms with Crippen molar-refractivity contribution >= 4 is 23.6 Å². The molecule has 0 aliphatic rings. The molecular weight excluding hydrogens is 331 g/mol. The molecular formula is C15H18F3NO3S. The fraction of sp³-hybridized carbons (Fsp3) is 0.467. The molecule has 0 aromatic heterocycles. The number of hydrogen-bond acceptors (Lipinski definition) is 3. The molecule has 0 aliphatic carbocycles. The quantitative estimate of drug-likeness (QED) is 0.521. The van der Waals surface area contributed by atoms with E-state index in [1.807, 2.05) is 0 Å². The summed E-state index contributed by atoms with van der Waals surface area (Å²) < 4.78 is 36.6. The lowest BCUT2D eigenvalue weighted by Gasteiger charge is -2.07. The number of amides is 1. The molecule has 0 aliphatic heterocycles. The predicted molar refractivity (Wildman–Crippen MR) is 81.4 cm³/mol. The van der Waals surface area contributed by atoms with Gasteiger partial charge in [0, 0.05) is 23.4 Å². The maximum absolute atomic E-state index is 12.2. The fourth-order valence-electron chi connectivity index (χ4n) is 1.87. The molecule has 1 aromatic carbocycles. The zero-order valence-electron chi connectivity index (χ0n) is 12.4. The molecule has 23 heavy (non-hydrogen) atoms. The number of carbonyl (C=O) groups excluding carboxylic acids is 1. The Morgan fingerprint density at radius 2 is 1.65 bits per heavy atom. The lowest BCUT2D eigenvalue weighted by molar-refractivity contribution is -0.137. The minimum absolute atomic E-state index is 0.0347. The van der Waals surface area contributed by atoms with Gasteiger partial charge < -0.3 is 10.4 Å². The highest BCUT2D eigenvalue weighted by atomic mass is 32.2. The molecule has 1 aromatic rings. The van der Waals surface area contributed by atoms with Crippen LogP contribution >= 0.6 is 11.8 Å². The highest BCUT2D eigenvalue weighted by molar-refractivity contribution is 8.00. The molecule has 8 heteroatoms. The number of carboxylic acid groups (broad SMARTS) is 1. The van der Waals surface area contributed by atoms with Gasteiger partial charge in [-0.2, -0.15) is 13.2 Å². The summed E-state index contributed by atoms with van der Waals surface area (Å²) in [7, 11) is 0. The fourth-order valence-corrected chi connectivity index (χ4v) is 2.41. The number of unbranched alkanes of at least 4 members (excludes halogenated alkanes) is 3. The first kappa shape index (κ1) is 19.3. The van der Waals surface area contributed by atoms with Crippen molar-refractivity contribution in [2.45, 2.75) is 42.5 Å². The third-order valence-electron chi connectivity index (χ3n) is 2.95. The molecule has 1 amide bonds. The molecule has 2 N–H and O–H groups in total. The molecule has 0 radical (unpaired) electrons. The van der Waals surface area contributed by atoms with Crippen molar-refractivity contribution in [1.29, 1.82) is 0 Å². The van der Waals surface area contributed by atoms with Gasteiger partial charge in [0.1, 0.15) is 0 Å². The second-order valence-corrected chi connectivity index (χ2v) is 6.02. The maximum atomic E-state index is 12.2. The summed E-state index contributed by atoms with van der Waals surface area (Å²) >= 11 is -0.221. The van der Waals surface area contributed by atoms with E-state index in [4.69, 9.17) is 5.11 Å². The maximum Gasteiger partial charge on any atom is 0.446 e. The summed E-state index contributed by atoms with van der Waals surface area (Å²) in [5.41, 5.74) is -4.04. The van der Waals surface area contributed by atoms with E-state index in [2.05, 4.69) is 5.32 Å². The molecule has 1 rings (SSSR count). The molecule has 0 heterocycles. The average Bonchev–Trinajstić information content (AvgIpc) is 2.44. The van der Waals surface area contributed by atoms with Gasteiger partial charge in [-0.1, -0.05) is 12.8 Å². The van der Waals surface area contributed by atoms with E-state index < -0.39 is 11.5 Å². The van der Waals surface area contributed by atoms with Gasteiger partial charge in [0.2, 0.25) is 0 Å². The monoisotopic (exact) mass is 349 g/mol. The zero-order valence-corrected chi connectivity index (χ0v) is 13.2. The number of carboxylic acids is 1. The van der Waals surface area contributed by atoms with Crippen molar-refractivity contribution in [3.05, 3.63) is 29.8 Å². The van der Waals surface area contributed by atoms with Gasteiger partial charge in [0.05, 0.1) is 0 Å². The van der Waals surface area contributed by atoms with Crippen molar-refractivity contribution in [1.82, 2.24) is 5.32 Å². The number of benzene rings is 1. The first-order valence-electron chi connectivity index (χ1n) is 7.14. The Labute approximate surface area is 136 Å². The van der Waals surface area contributed by atoms with E-state index in [1.165, 1.54) is 24.3 Å². The minimum Gasteiger partial charge on any atom is -0.481 e. The lowest BCUT2D eigenvalue weighted by atomic mass is 10.1. The molecule has 0 saturated carbocycles. The van der Waals surface area contributed by atoms with Crippen LogP contribution in [-0.2, 0) is 4.79 Å². The number of carbonyl (C=O) groups is 2. The highest BCUT2D eigenvalue weighted by Crippen LogP contribution is 2.36.